The van der Waals surface area contributed by atoms with Gasteiger partial charge in [0.1, 0.15) is 16.5 Å². The van der Waals surface area contributed by atoms with Crippen LogP contribution in [0.4, 0.5) is 8.78 Å². The molecule has 3 aromatic rings. The van der Waals surface area contributed by atoms with E-state index in [0.29, 0.717) is 18.6 Å². The van der Waals surface area contributed by atoms with Gasteiger partial charge in [0, 0.05) is 11.9 Å². The standard InChI is InChI=1S/C20H20F2N4O4S/c1-2-3-6-11-26-20(28)15-8-5-4-7-14(15)18(24-26)19(27)23-25-31(29,30)17-12-13(21)9-10-16(17)22/h4-5,7-10,12,25H,2-3,6,11H2,1H3,(H,23,27). The van der Waals surface area contributed by atoms with Crippen molar-refractivity contribution >= 4 is 26.7 Å². The summed E-state index contributed by atoms with van der Waals surface area (Å²) in [5.41, 5.74) is 1.39. The summed E-state index contributed by atoms with van der Waals surface area (Å²) >= 11 is 0. The van der Waals surface area contributed by atoms with Crippen LogP contribution in [0.25, 0.3) is 10.8 Å². The van der Waals surface area contributed by atoms with E-state index >= 15 is 0 Å². The number of nitrogens with one attached hydrogen (secondary N) is 2. The topological polar surface area (TPSA) is 110 Å². The van der Waals surface area contributed by atoms with Crippen molar-refractivity contribution in [2.75, 3.05) is 0 Å². The predicted molar refractivity (Wildman–Crippen MR) is 110 cm³/mol. The highest BCUT2D eigenvalue weighted by Gasteiger charge is 2.23. The van der Waals surface area contributed by atoms with E-state index in [1.807, 2.05) is 12.3 Å². The number of benzene rings is 2. The number of fused-ring (bicyclic) bond motifs is 1. The van der Waals surface area contributed by atoms with Crippen molar-refractivity contribution in [3.63, 3.8) is 0 Å². The normalized spacial score (nSPS) is 11.6. The molecule has 0 bridgehead atoms. The molecule has 164 valence electrons. The van der Waals surface area contributed by atoms with E-state index in [-0.39, 0.29) is 28.6 Å². The molecule has 0 saturated heterocycles. The molecule has 3 rings (SSSR count). The number of aromatic nitrogens is 2. The van der Waals surface area contributed by atoms with Gasteiger partial charge in [0.05, 0.1) is 5.39 Å². The van der Waals surface area contributed by atoms with Crippen LogP contribution in [0.1, 0.15) is 36.7 Å². The third kappa shape index (κ3) is 4.94. The molecule has 31 heavy (non-hydrogen) atoms. The van der Waals surface area contributed by atoms with Crippen LogP contribution in [0.15, 0.2) is 52.2 Å². The van der Waals surface area contributed by atoms with Gasteiger partial charge < -0.3 is 0 Å². The van der Waals surface area contributed by atoms with Crippen LogP contribution in [-0.2, 0) is 16.6 Å². The lowest BCUT2D eigenvalue weighted by atomic mass is 10.1. The maximum Gasteiger partial charge on any atom is 0.287 e. The van der Waals surface area contributed by atoms with Gasteiger partial charge in [-0.3, -0.25) is 15.0 Å². The Bertz CT molecular complexity index is 1290. The summed E-state index contributed by atoms with van der Waals surface area (Å²) in [5, 5.41) is 4.58. The molecular weight excluding hydrogens is 430 g/mol. The smallest absolute Gasteiger partial charge is 0.272 e. The fourth-order valence-corrected chi connectivity index (χ4v) is 3.91. The first-order chi connectivity index (χ1) is 14.7. The minimum Gasteiger partial charge on any atom is -0.272 e. The van der Waals surface area contributed by atoms with Crippen molar-refractivity contribution in [1.29, 1.82) is 0 Å². The van der Waals surface area contributed by atoms with Crippen molar-refractivity contribution in [3.8, 4) is 0 Å². The van der Waals surface area contributed by atoms with Gasteiger partial charge in [-0.05, 0) is 30.7 Å². The zero-order valence-electron chi connectivity index (χ0n) is 16.6. The fourth-order valence-electron chi connectivity index (χ4n) is 2.98. The molecule has 0 fully saturated rings. The van der Waals surface area contributed by atoms with Crippen molar-refractivity contribution in [3.05, 3.63) is 70.1 Å². The molecule has 1 heterocycles. The second-order valence-corrected chi connectivity index (χ2v) is 8.41. The van der Waals surface area contributed by atoms with E-state index in [0.717, 1.165) is 23.6 Å². The number of carbonyl (C=O) groups excluding carboxylic acids is 1. The van der Waals surface area contributed by atoms with Crippen molar-refractivity contribution < 1.29 is 22.0 Å². The van der Waals surface area contributed by atoms with Crippen LogP contribution in [0, 0.1) is 11.6 Å². The van der Waals surface area contributed by atoms with Gasteiger partial charge in [0.15, 0.2) is 5.69 Å². The number of aryl methyl sites for hydroxylation is 1. The molecule has 0 saturated carbocycles. The Hall–Kier alpha value is -3.18. The molecule has 0 aliphatic carbocycles. The van der Waals surface area contributed by atoms with Crippen LogP contribution in [0.5, 0.6) is 0 Å². The molecule has 8 nitrogen and oxygen atoms in total. The highest BCUT2D eigenvalue weighted by atomic mass is 32.2. The third-order valence-electron chi connectivity index (χ3n) is 4.54. The number of hydrogen-bond acceptors (Lipinski definition) is 5. The summed E-state index contributed by atoms with van der Waals surface area (Å²) in [6, 6.07) is 8.21. The first-order valence-electron chi connectivity index (χ1n) is 9.51. The molecular formula is C20H20F2N4O4S. The maximum absolute atomic E-state index is 13.8. The summed E-state index contributed by atoms with van der Waals surface area (Å²) in [6.45, 7) is 2.29. The fraction of sp³-hybridized carbons (Fsp3) is 0.250. The minimum absolute atomic E-state index is 0.186. The molecule has 1 amide bonds. The Balaban J connectivity index is 1.92. The summed E-state index contributed by atoms with van der Waals surface area (Å²) in [5.74, 6) is -3.10. The van der Waals surface area contributed by atoms with Gasteiger partial charge in [-0.1, -0.05) is 38.0 Å². The van der Waals surface area contributed by atoms with E-state index in [2.05, 4.69) is 5.10 Å². The molecule has 0 atom stereocenters. The van der Waals surface area contributed by atoms with Crippen LogP contribution in [0.3, 0.4) is 0 Å². The van der Waals surface area contributed by atoms with Gasteiger partial charge in [0.25, 0.3) is 21.5 Å². The van der Waals surface area contributed by atoms with Crippen LogP contribution in [0.2, 0.25) is 0 Å². The average molecular weight is 450 g/mol. The number of unbranched alkanes of at least 4 members (excludes halogenated alkanes) is 2. The van der Waals surface area contributed by atoms with E-state index in [9.17, 15) is 26.8 Å². The monoisotopic (exact) mass is 450 g/mol. The van der Waals surface area contributed by atoms with E-state index in [1.54, 1.807) is 23.0 Å². The highest BCUT2D eigenvalue weighted by Crippen LogP contribution is 2.16. The van der Waals surface area contributed by atoms with Crippen LogP contribution in [-0.4, -0.2) is 24.1 Å². The SMILES string of the molecule is CCCCCn1nc(C(=O)NNS(=O)(=O)c2cc(F)ccc2F)c2ccccc2c1=O. The largest absolute Gasteiger partial charge is 0.287 e. The third-order valence-corrected chi connectivity index (χ3v) is 5.80. The Morgan fingerprint density at radius 3 is 2.52 bits per heavy atom. The Morgan fingerprint density at radius 1 is 1.10 bits per heavy atom. The average Bonchev–Trinajstić information content (AvgIpc) is 2.75. The second kappa shape index (κ2) is 9.31. The Morgan fingerprint density at radius 2 is 1.81 bits per heavy atom. The maximum atomic E-state index is 13.8. The number of amides is 1. The lowest BCUT2D eigenvalue weighted by Gasteiger charge is -2.12. The predicted octanol–water partition coefficient (Wildman–Crippen LogP) is 2.49. The van der Waals surface area contributed by atoms with Crippen LogP contribution < -0.4 is 15.8 Å². The number of rotatable bonds is 8. The van der Waals surface area contributed by atoms with Gasteiger partial charge in [-0.15, -0.1) is 4.83 Å². The molecule has 0 radical (unpaired) electrons. The number of hydrogen-bond donors (Lipinski definition) is 2. The summed E-state index contributed by atoms with van der Waals surface area (Å²) in [7, 11) is -4.60. The molecule has 0 aliphatic rings. The zero-order valence-corrected chi connectivity index (χ0v) is 17.4. The number of carbonyl (C=O) groups is 1. The van der Waals surface area contributed by atoms with Gasteiger partial charge in [-0.25, -0.2) is 21.9 Å². The van der Waals surface area contributed by atoms with E-state index in [1.165, 1.54) is 6.07 Å². The molecule has 2 N–H and O–H groups in total. The minimum atomic E-state index is -4.60. The van der Waals surface area contributed by atoms with Crippen molar-refractivity contribution in [2.45, 2.75) is 37.6 Å². The summed E-state index contributed by atoms with van der Waals surface area (Å²) in [6.07, 6.45) is 2.46. The number of nitrogens with zero attached hydrogens (tertiary/aromatic N) is 2. The van der Waals surface area contributed by atoms with Gasteiger partial charge in [0.2, 0.25) is 0 Å². The molecule has 11 heteroatoms. The Kier molecular flexibility index (Phi) is 6.76. The quantitative estimate of drug-likeness (QED) is 0.405. The summed E-state index contributed by atoms with van der Waals surface area (Å²) < 4.78 is 52.9. The Labute approximate surface area is 176 Å². The molecule has 0 unspecified atom stereocenters. The van der Waals surface area contributed by atoms with Gasteiger partial charge in [-0.2, -0.15) is 5.10 Å². The number of hydrazine groups is 1. The summed E-state index contributed by atoms with van der Waals surface area (Å²) in [4.78, 5) is 26.1. The lowest BCUT2D eigenvalue weighted by molar-refractivity contribution is 0.0939. The van der Waals surface area contributed by atoms with Crippen molar-refractivity contribution in [1.82, 2.24) is 20.0 Å². The molecule has 1 aromatic heterocycles. The van der Waals surface area contributed by atoms with Crippen molar-refractivity contribution in [2.24, 2.45) is 0 Å². The second-order valence-electron chi connectivity index (χ2n) is 6.76. The molecule has 0 spiro atoms. The van der Waals surface area contributed by atoms with Gasteiger partial charge >= 0.3 is 0 Å². The molecule has 0 aliphatic heterocycles. The lowest BCUT2D eigenvalue weighted by Crippen LogP contribution is -2.43. The first kappa shape index (κ1) is 22.5. The number of sulfonamides is 1. The zero-order chi connectivity index (χ0) is 22.6. The van der Waals surface area contributed by atoms with E-state index < -0.39 is 32.5 Å². The number of halogens is 2. The molecule has 2 aromatic carbocycles. The van der Waals surface area contributed by atoms with E-state index in [4.69, 9.17) is 0 Å². The highest BCUT2D eigenvalue weighted by molar-refractivity contribution is 7.89. The van der Waals surface area contributed by atoms with Crippen LogP contribution >= 0.6 is 0 Å². The first-order valence-corrected chi connectivity index (χ1v) is 11.0.